The Kier molecular flexibility index (Phi) is 11.0. The van der Waals surface area contributed by atoms with E-state index < -0.39 is 11.9 Å². The van der Waals surface area contributed by atoms with E-state index in [0.717, 1.165) is 6.42 Å². The number of hydrogen-bond donors (Lipinski definition) is 2. The van der Waals surface area contributed by atoms with Gasteiger partial charge < -0.3 is 24.4 Å². The summed E-state index contributed by atoms with van der Waals surface area (Å²) in [6.45, 7) is 3.65. The van der Waals surface area contributed by atoms with Crippen LogP contribution in [0.25, 0.3) is 0 Å². The minimum absolute atomic E-state index is 0.00625. The number of ether oxygens (including phenoxy) is 1. The van der Waals surface area contributed by atoms with Crippen LogP contribution in [0.5, 0.6) is 5.75 Å². The molecule has 12 heteroatoms. The van der Waals surface area contributed by atoms with Crippen molar-refractivity contribution >= 4 is 52.6 Å². The van der Waals surface area contributed by atoms with Crippen molar-refractivity contribution in [1.82, 2.24) is 14.5 Å². The van der Waals surface area contributed by atoms with Crippen LogP contribution in [0.1, 0.15) is 13.3 Å². The lowest BCUT2D eigenvalue weighted by Crippen LogP contribution is -2.37. The molecule has 1 amide bonds. The number of carboxylic acid groups (broad SMARTS) is 2. The van der Waals surface area contributed by atoms with E-state index in [2.05, 4.69) is 4.98 Å². The molecule has 164 valence electrons. The van der Waals surface area contributed by atoms with E-state index in [4.69, 9.17) is 59.3 Å². The molecule has 2 N–H and O–H groups in total. The van der Waals surface area contributed by atoms with Crippen molar-refractivity contribution < 1.29 is 29.3 Å². The molecule has 0 aliphatic carbocycles. The van der Waals surface area contributed by atoms with Gasteiger partial charge in [0.15, 0.2) is 5.75 Å². The minimum Gasteiger partial charge on any atom is -0.489 e. The smallest absolute Gasteiger partial charge is 0.414 e. The van der Waals surface area contributed by atoms with Crippen LogP contribution >= 0.6 is 34.8 Å². The van der Waals surface area contributed by atoms with Crippen molar-refractivity contribution in [3.8, 4) is 5.75 Å². The number of aromatic nitrogens is 2. The summed E-state index contributed by atoms with van der Waals surface area (Å²) in [5.74, 6) is -3.27. The van der Waals surface area contributed by atoms with Gasteiger partial charge in [0.05, 0.1) is 22.9 Å². The molecule has 0 fully saturated rings. The van der Waals surface area contributed by atoms with E-state index in [-0.39, 0.29) is 19.1 Å². The van der Waals surface area contributed by atoms with Crippen LogP contribution in [0.3, 0.4) is 0 Å². The highest BCUT2D eigenvalue weighted by molar-refractivity contribution is 6.40. The van der Waals surface area contributed by atoms with E-state index in [1.807, 2.05) is 6.92 Å². The average Bonchev–Trinajstić information content (AvgIpc) is 3.16. The van der Waals surface area contributed by atoms with E-state index in [1.165, 1.54) is 0 Å². The fraction of sp³-hybridized carbons (Fsp3) is 0.333. The van der Waals surface area contributed by atoms with Gasteiger partial charge in [-0.05, 0) is 18.6 Å². The van der Waals surface area contributed by atoms with Gasteiger partial charge in [-0.15, -0.1) is 0 Å². The molecular formula is C18H20Cl3N3O6. The van der Waals surface area contributed by atoms with E-state index in [9.17, 15) is 4.79 Å². The molecule has 0 radical (unpaired) electrons. The molecule has 0 unspecified atom stereocenters. The second-order valence-electron chi connectivity index (χ2n) is 5.77. The van der Waals surface area contributed by atoms with Gasteiger partial charge in [-0.25, -0.2) is 14.6 Å². The van der Waals surface area contributed by atoms with Crippen LogP contribution in [0.4, 0.5) is 0 Å². The number of aliphatic carboxylic acids is 2. The zero-order valence-corrected chi connectivity index (χ0v) is 18.2. The molecule has 30 heavy (non-hydrogen) atoms. The SMILES string of the molecule is CCCN(CCOc1c(Cl)cc(Cl)cc1Cl)C(=O)Cn1ccnc1.O=C(O)C(=O)O. The molecule has 1 heterocycles. The van der Waals surface area contributed by atoms with Crippen molar-refractivity contribution in [3.05, 3.63) is 45.9 Å². The molecule has 0 spiro atoms. The summed E-state index contributed by atoms with van der Waals surface area (Å²) in [6.07, 6.45) is 5.88. The Hall–Kier alpha value is -2.49. The molecule has 1 aromatic heterocycles. The number of hydrogen-bond acceptors (Lipinski definition) is 5. The first-order valence-electron chi connectivity index (χ1n) is 8.62. The zero-order chi connectivity index (χ0) is 22.7. The lowest BCUT2D eigenvalue weighted by atomic mass is 10.3. The molecule has 0 aliphatic rings. The Morgan fingerprint density at radius 1 is 1.10 bits per heavy atom. The van der Waals surface area contributed by atoms with Crippen LogP contribution < -0.4 is 4.74 Å². The summed E-state index contributed by atoms with van der Waals surface area (Å²) < 4.78 is 7.38. The maximum absolute atomic E-state index is 12.4. The number of imidazole rings is 1. The van der Waals surface area contributed by atoms with Crippen molar-refractivity contribution in [1.29, 1.82) is 0 Å². The summed E-state index contributed by atoms with van der Waals surface area (Å²) >= 11 is 18.0. The van der Waals surface area contributed by atoms with Crippen LogP contribution in [-0.4, -0.2) is 62.2 Å². The van der Waals surface area contributed by atoms with Gasteiger partial charge in [-0.2, -0.15) is 0 Å². The molecule has 0 saturated heterocycles. The van der Waals surface area contributed by atoms with Crippen molar-refractivity contribution in [3.63, 3.8) is 0 Å². The highest BCUT2D eigenvalue weighted by Crippen LogP contribution is 2.35. The van der Waals surface area contributed by atoms with Gasteiger partial charge >= 0.3 is 11.9 Å². The standard InChI is InChI=1S/C16H18Cl3N3O2.C2H2O4/c1-2-4-22(15(23)10-21-5-3-20-11-21)6-7-24-16-13(18)8-12(17)9-14(16)19;3-1(4)2(5)6/h3,5,8-9,11H,2,4,6-7,10H2,1H3;(H,3,4)(H,5,6). The first kappa shape index (κ1) is 25.5. The summed E-state index contributed by atoms with van der Waals surface area (Å²) in [5, 5.41) is 15.9. The van der Waals surface area contributed by atoms with Crippen LogP contribution in [-0.2, 0) is 20.9 Å². The highest BCUT2D eigenvalue weighted by atomic mass is 35.5. The third kappa shape index (κ3) is 8.89. The Morgan fingerprint density at radius 3 is 2.17 bits per heavy atom. The molecule has 2 rings (SSSR count). The molecular weight excluding hydrogens is 461 g/mol. The lowest BCUT2D eigenvalue weighted by molar-refractivity contribution is -0.159. The number of carboxylic acids is 2. The molecule has 0 saturated carbocycles. The predicted molar refractivity (Wildman–Crippen MR) is 111 cm³/mol. The number of rotatable bonds is 8. The second-order valence-corrected chi connectivity index (χ2v) is 7.02. The fourth-order valence-electron chi connectivity index (χ4n) is 2.19. The largest absolute Gasteiger partial charge is 0.489 e. The summed E-state index contributed by atoms with van der Waals surface area (Å²) in [4.78, 5) is 36.3. The first-order chi connectivity index (χ1) is 14.1. The third-order valence-corrected chi connectivity index (χ3v) is 4.26. The Bertz CT molecular complexity index is 826. The summed E-state index contributed by atoms with van der Waals surface area (Å²) in [6, 6.07) is 3.14. The van der Waals surface area contributed by atoms with Crippen molar-refractivity contribution in [2.24, 2.45) is 0 Å². The second kappa shape index (κ2) is 12.9. The van der Waals surface area contributed by atoms with E-state index in [1.54, 1.807) is 40.3 Å². The number of nitrogens with zero attached hydrogens (tertiary/aromatic N) is 3. The van der Waals surface area contributed by atoms with Crippen LogP contribution in [0.15, 0.2) is 30.9 Å². The fourth-order valence-corrected chi connectivity index (χ4v) is 3.12. The topological polar surface area (TPSA) is 122 Å². The molecule has 0 aliphatic heterocycles. The molecule has 0 atom stereocenters. The Balaban J connectivity index is 0.000000656. The van der Waals surface area contributed by atoms with Crippen LogP contribution in [0.2, 0.25) is 15.1 Å². The lowest BCUT2D eigenvalue weighted by Gasteiger charge is -2.22. The number of amides is 1. The molecule has 9 nitrogen and oxygen atoms in total. The van der Waals surface area contributed by atoms with Gasteiger partial charge in [-0.1, -0.05) is 41.7 Å². The first-order valence-corrected chi connectivity index (χ1v) is 9.76. The quantitative estimate of drug-likeness (QED) is 0.556. The maximum Gasteiger partial charge on any atom is 0.414 e. The minimum atomic E-state index is -1.82. The van der Waals surface area contributed by atoms with Gasteiger partial charge in [-0.3, -0.25) is 4.79 Å². The maximum atomic E-state index is 12.4. The summed E-state index contributed by atoms with van der Waals surface area (Å²) in [7, 11) is 0. The van der Waals surface area contributed by atoms with Crippen molar-refractivity contribution in [2.45, 2.75) is 19.9 Å². The van der Waals surface area contributed by atoms with E-state index >= 15 is 0 Å². The van der Waals surface area contributed by atoms with Gasteiger partial charge in [0.1, 0.15) is 13.2 Å². The number of carbonyl (C=O) groups excluding carboxylic acids is 1. The number of carbonyl (C=O) groups is 3. The highest BCUT2D eigenvalue weighted by Gasteiger charge is 2.15. The normalized spacial score (nSPS) is 10.0. The van der Waals surface area contributed by atoms with E-state index in [0.29, 0.717) is 33.9 Å². The zero-order valence-electron chi connectivity index (χ0n) is 15.9. The van der Waals surface area contributed by atoms with Gasteiger partial charge in [0, 0.05) is 24.0 Å². The van der Waals surface area contributed by atoms with Crippen molar-refractivity contribution in [2.75, 3.05) is 19.7 Å². The molecule has 2 aromatic rings. The Labute approximate surface area is 187 Å². The third-order valence-electron chi connectivity index (χ3n) is 3.48. The van der Waals surface area contributed by atoms with Gasteiger partial charge in [0.25, 0.3) is 0 Å². The Morgan fingerprint density at radius 2 is 1.70 bits per heavy atom. The predicted octanol–water partition coefficient (Wildman–Crippen LogP) is 3.32. The molecule has 1 aromatic carbocycles. The van der Waals surface area contributed by atoms with Gasteiger partial charge in [0.2, 0.25) is 5.91 Å². The summed E-state index contributed by atoms with van der Waals surface area (Å²) in [5.41, 5.74) is 0. The monoisotopic (exact) mass is 479 g/mol. The molecule has 0 bridgehead atoms. The van der Waals surface area contributed by atoms with Crippen LogP contribution in [0, 0.1) is 0 Å². The number of halogens is 3. The number of benzene rings is 1. The average molecular weight is 481 g/mol.